The minimum Gasteiger partial charge on any atom is -0.481 e. The number of carbonyl (C=O) groups excluding carboxylic acids is 1. The van der Waals surface area contributed by atoms with Gasteiger partial charge in [0.25, 0.3) is 0 Å². The number of nitrogens with zero attached hydrogens (tertiary/aromatic N) is 1. The van der Waals surface area contributed by atoms with Crippen LogP contribution in [-0.4, -0.2) is 22.1 Å². The van der Waals surface area contributed by atoms with Gasteiger partial charge in [-0.05, 0) is 29.3 Å². The molecule has 0 radical (unpaired) electrons. The normalized spacial score (nSPS) is 9.90. The number of pyridine rings is 1. The van der Waals surface area contributed by atoms with Gasteiger partial charge < -0.3 is 15.7 Å². The van der Waals surface area contributed by atoms with E-state index in [-0.39, 0.29) is 12.5 Å². The summed E-state index contributed by atoms with van der Waals surface area (Å²) in [6.45, 7) is 0.370. The zero-order chi connectivity index (χ0) is 15.1. The number of amides is 2. The number of aliphatic carboxylic acids is 1. The molecule has 0 saturated carbocycles. The van der Waals surface area contributed by atoms with Gasteiger partial charge in [0.05, 0.1) is 6.42 Å². The van der Waals surface area contributed by atoms with Crippen LogP contribution in [0.15, 0.2) is 48.8 Å². The van der Waals surface area contributed by atoms with E-state index in [1.54, 1.807) is 48.8 Å². The first-order chi connectivity index (χ1) is 10.1. The maximum absolute atomic E-state index is 11.8. The quantitative estimate of drug-likeness (QED) is 0.784. The summed E-state index contributed by atoms with van der Waals surface area (Å²) in [7, 11) is 0. The van der Waals surface area contributed by atoms with Crippen LogP contribution in [0.1, 0.15) is 11.1 Å². The molecule has 0 aliphatic carbocycles. The Labute approximate surface area is 121 Å². The van der Waals surface area contributed by atoms with Crippen LogP contribution in [0.2, 0.25) is 0 Å². The molecule has 1 aromatic heterocycles. The van der Waals surface area contributed by atoms with Gasteiger partial charge in [0, 0.05) is 24.6 Å². The van der Waals surface area contributed by atoms with Gasteiger partial charge >= 0.3 is 12.0 Å². The van der Waals surface area contributed by atoms with Gasteiger partial charge in [0.15, 0.2) is 0 Å². The molecular weight excluding hydrogens is 270 g/mol. The highest BCUT2D eigenvalue weighted by atomic mass is 16.4. The van der Waals surface area contributed by atoms with Gasteiger partial charge in [-0.3, -0.25) is 9.78 Å². The Bertz CT molecular complexity index is 629. The molecule has 0 aliphatic rings. The zero-order valence-corrected chi connectivity index (χ0v) is 11.2. The highest BCUT2D eigenvalue weighted by molar-refractivity contribution is 5.90. The molecule has 1 heterocycles. The number of hydrogen-bond donors (Lipinski definition) is 3. The monoisotopic (exact) mass is 285 g/mol. The second-order valence-corrected chi connectivity index (χ2v) is 4.39. The van der Waals surface area contributed by atoms with Crippen molar-refractivity contribution in [3.63, 3.8) is 0 Å². The van der Waals surface area contributed by atoms with Gasteiger partial charge in [-0.25, -0.2) is 4.79 Å². The molecule has 1 aromatic carbocycles. The molecule has 0 spiro atoms. The lowest BCUT2D eigenvalue weighted by molar-refractivity contribution is -0.136. The summed E-state index contributed by atoms with van der Waals surface area (Å²) in [6, 6.07) is 10.0. The highest BCUT2D eigenvalue weighted by Gasteiger charge is 2.08. The van der Waals surface area contributed by atoms with Crippen LogP contribution in [0.5, 0.6) is 0 Å². The number of carboxylic acid groups (broad SMARTS) is 1. The second kappa shape index (κ2) is 7.04. The van der Waals surface area contributed by atoms with Crippen LogP contribution in [0.4, 0.5) is 10.5 Å². The van der Waals surface area contributed by atoms with Crippen molar-refractivity contribution in [2.24, 2.45) is 0 Å². The molecule has 0 fully saturated rings. The van der Waals surface area contributed by atoms with E-state index in [0.29, 0.717) is 17.8 Å². The summed E-state index contributed by atoms with van der Waals surface area (Å²) in [5.74, 6) is -0.943. The van der Waals surface area contributed by atoms with Crippen molar-refractivity contribution in [1.29, 1.82) is 0 Å². The summed E-state index contributed by atoms with van der Waals surface area (Å²) in [5.41, 5.74) is 1.98. The van der Waals surface area contributed by atoms with Crippen LogP contribution in [0.3, 0.4) is 0 Å². The number of benzene rings is 1. The number of anilines is 1. The number of para-hydroxylation sites is 1. The molecule has 6 nitrogen and oxygen atoms in total. The first kappa shape index (κ1) is 14.5. The van der Waals surface area contributed by atoms with Crippen LogP contribution < -0.4 is 10.6 Å². The highest BCUT2D eigenvalue weighted by Crippen LogP contribution is 2.15. The molecule has 2 amide bonds. The lowest BCUT2D eigenvalue weighted by Crippen LogP contribution is -2.28. The number of carboxylic acids is 1. The summed E-state index contributed by atoms with van der Waals surface area (Å²) >= 11 is 0. The van der Waals surface area contributed by atoms with E-state index in [4.69, 9.17) is 5.11 Å². The number of rotatable bonds is 5. The Kier molecular flexibility index (Phi) is 4.87. The van der Waals surface area contributed by atoms with Crippen molar-refractivity contribution in [3.8, 4) is 0 Å². The molecule has 21 heavy (non-hydrogen) atoms. The topological polar surface area (TPSA) is 91.3 Å². The molecule has 3 N–H and O–H groups in total. The molecule has 0 aliphatic heterocycles. The Morgan fingerprint density at radius 1 is 1.10 bits per heavy atom. The van der Waals surface area contributed by atoms with Crippen LogP contribution in [-0.2, 0) is 17.8 Å². The lowest BCUT2D eigenvalue weighted by atomic mass is 10.1. The van der Waals surface area contributed by atoms with Gasteiger partial charge in [-0.1, -0.05) is 18.2 Å². The molecule has 2 aromatic rings. The molecule has 108 valence electrons. The zero-order valence-electron chi connectivity index (χ0n) is 11.2. The third-order valence-electron chi connectivity index (χ3n) is 2.81. The Hall–Kier alpha value is -2.89. The van der Waals surface area contributed by atoms with Gasteiger partial charge in [-0.15, -0.1) is 0 Å². The van der Waals surface area contributed by atoms with Crippen molar-refractivity contribution in [2.45, 2.75) is 13.0 Å². The third-order valence-corrected chi connectivity index (χ3v) is 2.81. The molecule has 0 unspecified atom stereocenters. The minimum atomic E-state index is -0.943. The predicted octanol–water partition coefficient (Wildman–Crippen LogP) is 2.03. The Balaban J connectivity index is 1.95. The number of aromatic nitrogens is 1. The predicted molar refractivity (Wildman–Crippen MR) is 77.9 cm³/mol. The van der Waals surface area contributed by atoms with E-state index in [9.17, 15) is 9.59 Å². The number of urea groups is 1. The average molecular weight is 285 g/mol. The Morgan fingerprint density at radius 3 is 2.52 bits per heavy atom. The van der Waals surface area contributed by atoms with E-state index in [2.05, 4.69) is 15.6 Å². The van der Waals surface area contributed by atoms with E-state index >= 15 is 0 Å². The SMILES string of the molecule is O=C(O)Cc1ccccc1NC(=O)NCc1ccncc1. The number of nitrogens with one attached hydrogen (secondary N) is 2. The first-order valence-electron chi connectivity index (χ1n) is 6.38. The van der Waals surface area contributed by atoms with E-state index < -0.39 is 5.97 Å². The van der Waals surface area contributed by atoms with Crippen molar-refractivity contribution >= 4 is 17.7 Å². The van der Waals surface area contributed by atoms with Crippen LogP contribution in [0.25, 0.3) is 0 Å². The second-order valence-electron chi connectivity index (χ2n) is 4.39. The fraction of sp³-hybridized carbons (Fsp3) is 0.133. The Morgan fingerprint density at radius 2 is 1.81 bits per heavy atom. The summed E-state index contributed by atoms with van der Waals surface area (Å²) in [6.07, 6.45) is 3.16. The molecule has 0 saturated heterocycles. The van der Waals surface area contributed by atoms with Gasteiger partial charge in [0.1, 0.15) is 0 Å². The lowest BCUT2D eigenvalue weighted by Gasteiger charge is -2.11. The minimum absolute atomic E-state index is 0.138. The third kappa shape index (κ3) is 4.61. The molecule has 2 rings (SSSR count). The summed E-state index contributed by atoms with van der Waals surface area (Å²) in [4.78, 5) is 26.5. The van der Waals surface area contributed by atoms with Crippen molar-refractivity contribution in [1.82, 2.24) is 10.3 Å². The fourth-order valence-corrected chi connectivity index (χ4v) is 1.81. The van der Waals surface area contributed by atoms with Crippen molar-refractivity contribution in [2.75, 3.05) is 5.32 Å². The number of carbonyl (C=O) groups is 2. The largest absolute Gasteiger partial charge is 0.481 e. The smallest absolute Gasteiger partial charge is 0.319 e. The maximum Gasteiger partial charge on any atom is 0.319 e. The van der Waals surface area contributed by atoms with Gasteiger partial charge in [0.2, 0.25) is 0 Å². The summed E-state index contributed by atoms with van der Waals surface area (Å²) in [5, 5.41) is 14.2. The van der Waals surface area contributed by atoms with Crippen molar-refractivity contribution in [3.05, 3.63) is 59.9 Å². The van der Waals surface area contributed by atoms with Crippen molar-refractivity contribution < 1.29 is 14.7 Å². The molecule has 0 atom stereocenters. The average Bonchev–Trinajstić information content (AvgIpc) is 2.48. The summed E-state index contributed by atoms with van der Waals surface area (Å²) < 4.78 is 0. The number of hydrogen-bond acceptors (Lipinski definition) is 3. The fourth-order valence-electron chi connectivity index (χ4n) is 1.81. The molecule has 6 heteroatoms. The van der Waals surface area contributed by atoms with Crippen LogP contribution >= 0.6 is 0 Å². The molecule has 0 bridgehead atoms. The first-order valence-corrected chi connectivity index (χ1v) is 6.38. The standard InChI is InChI=1S/C15H15N3O3/c19-14(20)9-12-3-1-2-4-13(12)18-15(21)17-10-11-5-7-16-8-6-11/h1-8H,9-10H2,(H,19,20)(H2,17,18,21). The van der Waals surface area contributed by atoms with Gasteiger partial charge in [-0.2, -0.15) is 0 Å². The maximum atomic E-state index is 11.8. The van der Waals surface area contributed by atoms with Crippen LogP contribution in [0, 0.1) is 0 Å². The van der Waals surface area contributed by atoms with E-state index in [1.165, 1.54) is 0 Å². The molecular formula is C15H15N3O3. The van der Waals surface area contributed by atoms with E-state index in [1.807, 2.05) is 0 Å². The van der Waals surface area contributed by atoms with E-state index in [0.717, 1.165) is 5.56 Å².